The Morgan fingerprint density at radius 1 is 1.07 bits per heavy atom. The van der Waals surface area contributed by atoms with Crippen molar-refractivity contribution < 1.29 is 9.21 Å². The van der Waals surface area contributed by atoms with E-state index in [1.807, 2.05) is 12.1 Å². The molecule has 2 aromatic heterocycles. The Bertz CT molecular complexity index is 1140. The van der Waals surface area contributed by atoms with Crippen LogP contribution in [0, 0.1) is 23.7 Å². The minimum Gasteiger partial charge on any atom is -0.422 e. The van der Waals surface area contributed by atoms with Gasteiger partial charge in [0.25, 0.3) is 5.91 Å². The zero-order valence-corrected chi connectivity index (χ0v) is 16.8. The molecule has 1 N–H and O–H groups in total. The van der Waals surface area contributed by atoms with Crippen LogP contribution in [0.2, 0.25) is 0 Å². The van der Waals surface area contributed by atoms with Crippen LogP contribution in [0.3, 0.4) is 0 Å². The third-order valence-corrected chi connectivity index (χ3v) is 7.97. The fourth-order valence-electron chi connectivity index (χ4n) is 6.29. The zero-order chi connectivity index (χ0) is 19.5. The zero-order valence-electron chi connectivity index (χ0n) is 16.0. The number of carbonyl (C=O) groups is 1. The summed E-state index contributed by atoms with van der Waals surface area (Å²) in [5.74, 6) is 3.44. The number of nitrogens with zero attached hydrogens (tertiary/aromatic N) is 1. The summed E-state index contributed by atoms with van der Waals surface area (Å²) in [5, 5.41) is 6.21. The molecule has 0 aliphatic heterocycles. The predicted molar refractivity (Wildman–Crippen MR) is 112 cm³/mol. The monoisotopic (exact) mass is 406 g/mol. The Morgan fingerprint density at radius 2 is 1.79 bits per heavy atom. The van der Waals surface area contributed by atoms with E-state index in [4.69, 9.17) is 9.40 Å². The van der Waals surface area contributed by atoms with Gasteiger partial charge in [0.2, 0.25) is 0 Å². The highest BCUT2D eigenvalue weighted by molar-refractivity contribution is 7.14. The summed E-state index contributed by atoms with van der Waals surface area (Å²) < 4.78 is 5.28. The lowest BCUT2D eigenvalue weighted by molar-refractivity contribution is -0.00392. The topological polar surface area (TPSA) is 72.2 Å². The number of hydrogen-bond donors (Lipinski definition) is 1. The van der Waals surface area contributed by atoms with E-state index in [1.54, 1.807) is 18.2 Å². The number of rotatable bonds is 3. The van der Waals surface area contributed by atoms with E-state index < -0.39 is 11.5 Å². The van der Waals surface area contributed by atoms with E-state index in [0.717, 1.165) is 34.8 Å². The molecule has 1 aromatic carbocycles. The van der Waals surface area contributed by atoms with E-state index in [-0.39, 0.29) is 5.56 Å². The first-order valence-electron chi connectivity index (χ1n) is 10.4. The fraction of sp³-hybridized carbons (Fsp3) is 0.435. The molecule has 4 aliphatic carbocycles. The molecule has 148 valence electrons. The Kier molecular flexibility index (Phi) is 3.91. The summed E-state index contributed by atoms with van der Waals surface area (Å²) in [6, 6.07) is 8.77. The van der Waals surface area contributed by atoms with Crippen molar-refractivity contribution in [2.75, 3.05) is 5.32 Å². The number of para-hydroxylation sites is 1. The van der Waals surface area contributed by atoms with Crippen LogP contribution in [0.15, 0.2) is 44.9 Å². The highest BCUT2D eigenvalue weighted by Gasteiger charge is 2.49. The molecule has 29 heavy (non-hydrogen) atoms. The van der Waals surface area contributed by atoms with Gasteiger partial charge in [0, 0.05) is 16.7 Å². The van der Waals surface area contributed by atoms with Crippen molar-refractivity contribution in [1.82, 2.24) is 4.98 Å². The lowest BCUT2D eigenvalue weighted by Gasteiger charge is -2.54. The van der Waals surface area contributed by atoms with Gasteiger partial charge in [-0.1, -0.05) is 18.2 Å². The molecular formula is C23H22N2O3S. The van der Waals surface area contributed by atoms with Gasteiger partial charge in [-0.25, -0.2) is 9.78 Å². The maximum Gasteiger partial charge on any atom is 0.349 e. The van der Waals surface area contributed by atoms with Gasteiger partial charge in [-0.05, 0) is 67.9 Å². The van der Waals surface area contributed by atoms with Gasteiger partial charge in [-0.2, -0.15) is 0 Å². The first-order valence-corrected chi connectivity index (χ1v) is 11.3. The first kappa shape index (κ1) is 17.4. The summed E-state index contributed by atoms with van der Waals surface area (Å²) in [6.07, 6.45) is 6.81. The number of anilines is 1. The van der Waals surface area contributed by atoms with Gasteiger partial charge >= 0.3 is 5.63 Å². The number of benzene rings is 1. The van der Waals surface area contributed by atoms with Crippen LogP contribution in [-0.2, 0) is 0 Å². The van der Waals surface area contributed by atoms with Crippen molar-refractivity contribution >= 4 is 33.3 Å². The van der Waals surface area contributed by atoms with Gasteiger partial charge < -0.3 is 4.42 Å². The van der Waals surface area contributed by atoms with Crippen molar-refractivity contribution in [3.05, 3.63) is 57.4 Å². The van der Waals surface area contributed by atoms with Crippen molar-refractivity contribution in [2.24, 2.45) is 23.7 Å². The number of carbonyl (C=O) groups excluding carboxylic acids is 1. The Morgan fingerprint density at radius 3 is 2.55 bits per heavy atom. The van der Waals surface area contributed by atoms with Crippen LogP contribution >= 0.6 is 11.3 Å². The molecular weight excluding hydrogens is 384 g/mol. The van der Waals surface area contributed by atoms with Crippen LogP contribution in [0.1, 0.15) is 54.1 Å². The average Bonchev–Trinajstić information content (AvgIpc) is 3.14. The molecule has 4 saturated carbocycles. The van der Waals surface area contributed by atoms with Gasteiger partial charge in [0.15, 0.2) is 5.13 Å². The first-order chi connectivity index (χ1) is 14.1. The molecule has 1 amide bonds. The molecule has 6 heteroatoms. The highest BCUT2D eigenvalue weighted by atomic mass is 32.1. The number of nitrogens with one attached hydrogen (secondary N) is 1. The lowest BCUT2D eigenvalue weighted by atomic mass is 9.51. The molecule has 0 spiro atoms. The van der Waals surface area contributed by atoms with Crippen LogP contribution in [0.5, 0.6) is 0 Å². The van der Waals surface area contributed by atoms with Gasteiger partial charge in [0.05, 0.1) is 5.69 Å². The lowest BCUT2D eigenvalue weighted by Crippen LogP contribution is -2.43. The largest absolute Gasteiger partial charge is 0.422 e. The number of hydrogen-bond acceptors (Lipinski definition) is 5. The number of amides is 1. The van der Waals surface area contributed by atoms with Crippen LogP contribution in [0.4, 0.5) is 5.13 Å². The molecule has 0 radical (unpaired) electrons. The fourth-order valence-corrected chi connectivity index (χ4v) is 7.04. The molecule has 7 rings (SSSR count). The number of fused-ring (bicyclic) bond motifs is 1. The average molecular weight is 407 g/mol. The number of aromatic nitrogens is 1. The van der Waals surface area contributed by atoms with Crippen LogP contribution in [-0.4, -0.2) is 10.9 Å². The van der Waals surface area contributed by atoms with E-state index in [1.165, 1.54) is 43.4 Å². The van der Waals surface area contributed by atoms with Crippen molar-refractivity contribution in [3.8, 4) is 0 Å². The second kappa shape index (κ2) is 6.52. The van der Waals surface area contributed by atoms with Gasteiger partial charge in [-0.15, -0.1) is 11.3 Å². The molecule has 4 fully saturated rings. The Balaban J connectivity index is 1.24. The minimum atomic E-state index is -0.626. The van der Waals surface area contributed by atoms with Crippen molar-refractivity contribution in [1.29, 1.82) is 0 Å². The third-order valence-electron chi connectivity index (χ3n) is 7.20. The number of thiazole rings is 1. The third kappa shape index (κ3) is 2.92. The second-order valence-corrected chi connectivity index (χ2v) is 9.83. The Hall–Kier alpha value is -2.47. The smallest absolute Gasteiger partial charge is 0.349 e. The molecule has 0 unspecified atom stereocenters. The minimum absolute atomic E-state index is 0.00933. The molecule has 0 atom stereocenters. The van der Waals surface area contributed by atoms with Crippen LogP contribution in [0.25, 0.3) is 11.0 Å². The quantitative estimate of drug-likeness (QED) is 0.619. The van der Waals surface area contributed by atoms with E-state index in [9.17, 15) is 9.59 Å². The van der Waals surface area contributed by atoms with E-state index in [2.05, 4.69) is 10.7 Å². The summed E-state index contributed by atoms with van der Waals surface area (Å²) in [7, 11) is 0. The maximum atomic E-state index is 12.7. The molecule has 0 saturated heterocycles. The summed E-state index contributed by atoms with van der Waals surface area (Å²) in [6.45, 7) is 0. The normalized spacial score (nSPS) is 30.0. The van der Waals surface area contributed by atoms with Crippen molar-refractivity contribution in [2.45, 2.75) is 38.0 Å². The Labute approximate surface area is 172 Å². The molecule has 3 aromatic rings. The van der Waals surface area contributed by atoms with Crippen LogP contribution < -0.4 is 10.9 Å². The maximum absolute atomic E-state index is 12.7. The molecule has 4 aliphatic rings. The van der Waals surface area contributed by atoms with E-state index >= 15 is 0 Å². The second-order valence-electron chi connectivity index (χ2n) is 8.97. The SMILES string of the molecule is O=C(Nc1nc(C2C3CC4CC(C3)CC2C4)cs1)c1cc2ccccc2oc1=O. The summed E-state index contributed by atoms with van der Waals surface area (Å²) in [4.78, 5) is 29.7. The summed E-state index contributed by atoms with van der Waals surface area (Å²) in [5.41, 5.74) is 0.992. The van der Waals surface area contributed by atoms with Gasteiger partial charge in [-0.3, -0.25) is 10.1 Å². The molecule has 4 bridgehead atoms. The van der Waals surface area contributed by atoms with Crippen molar-refractivity contribution in [3.63, 3.8) is 0 Å². The molecule has 5 nitrogen and oxygen atoms in total. The van der Waals surface area contributed by atoms with Gasteiger partial charge in [0.1, 0.15) is 11.1 Å². The predicted octanol–water partition coefficient (Wildman–Crippen LogP) is 5.04. The molecule has 2 heterocycles. The van der Waals surface area contributed by atoms with E-state index in [0.29, 0.717) is 16.6 Å². The summed E-state index contributed by atoms with van der Waals surface area (Å²) >= 11 is 1.45. The highest BCUT2D eigenvalue weighted by Crippen LogP contribution is 2.59. The standard InChI is InChI=1S/C23H22N2O3S/c26-21(17-10-14-3-1-2-4-19(14)28-22(17)27)25-23-24-18(11-29-23)20-15-6-12-5-13(8-15)9-16(20)7-12/h1-4,10-13,15-16,20H,5-9H2,(H,24,25,26).